The number of hydrogen-bond acceptors (Lipinski definition) is 6. The van der Waals surface area contributed by atoms with Crippen molar-refractivity contribution in [1.29, 1.82) is 0 Å². The van der Waals surface area contributed by atoms with Crippen LogP contribution in [0, 0.1) is 0 Å². The first-order valence-electron chi connectivity index (χ1n) is 16.2. The maximum absolute atomic E-state index is 15.8. The zero-order valence-corrected chi connectivity index (χ0v) is 26.0. The molecule has 0 aromatic heterocycles. The number of nitrogens with one attached hydrogen (secondary N) is 1. The third kappa shape index (κ3) is 6.05. The second-order valence-corrected chi connectivity index (χ2v) is 12.9. The molecule has 0 spiro atoms. The lowest BCUT2D eigenvalue weighted by Gasteiger charge is -2.47. The summed E-state index contributed by atoms with van der Waals surface area (Å²) in [5.74, 6) is -4.83. The van der Waals surface area contributed by atoms with Crippen molar-refractivity contribution in [3.8, 4) is 0 Å². The quantitative estimate of drug-likeness (QED) is 0.413. The van der Waals surface area contributed by atoms with Gasteiger partial charge in [-0.3, -0.25) is 34.3 Å². The van der Waals surface area contributed by atoms with Gasteiger partial charge in [-0.25, -0.2) is 8.78 Å². The van der Waals surface area contributed by atoms with E-state index in [9.17, 15) is 19.2 Å². The maximum Gasteiger partial charge on any atom is 0.280 e. The number of nitrogens with zero attached hydrogens (tertiary/aromatic N) is 4. The first kappa shape index (κ1) is 31.1. The van der Waals surface area contributed by atoms with Crippen LogP contribution in [0.3, 0.4) is 0 Å². The minimum Gasteiger partial charge on any atom is -0.332 e. The van der Waals surface area contributed by atoms with Gasteiger partial charge < -0.3 is 9.80 Å². The molecule has 7 rings (SSSR count). The Kier molecular flexibility index (Phi) is 8.36. The molecule has 4 aliphatic rings. The molecule has 3 aromatic rings. The number of hydrogen-bond donors (Lipinski definition) is 1. The molecule has 1 N–H and O–H groups in total. The van der Waals surface area contributed by atoms with Crippen molar-refractivity contribution >= 4 is 23.6 Å². The highest BCUT2D eigenvalue weighted by atomic mass is 19.3. The van der Waals surface area contributed by atoms with Crippen LogP contribution in [-0.2, 0) is 16.1 Å². The van der Waals surface area contributed by atoms with Gasteiger partial charge in [-0.2, -0.15) is 0 Å². The number of piperazine rings is 1. The van der Waals surface area contributed by atoms with Gasteiger partial charge in [0.25, 0.3) is 17.7 Å². The highest BCUT2D eigenvalue weighted by Crippen LogP contribution is 2.36. The molecule has 4 aliphatic heterocycles. The molecule has 11 heteroatoms. The smallest absolute Gasteiger partial charge is 0.280 e. The summed E-state index contributed by atoms with van der Waals surface area (Å²) in [5, 5.41) is 2.27. The van der Waals surface area contributed by atoms with Crippen molar-refractivity contribution in [3.05, 3.63) is 107 Å². The Hall–Kier alpha value is -4.48. The summed E-state index contributed by atoms with van der Waals surface area (Å²) >= 11 is 0. The molecule has 4 heterocycles. The second kappa shape index (κ2) is 12.6. The topological polar surface area (TPSA) is 93.3 Å². The van der Waals surface area contributed by atoms with E-state index in [4.69, 9.17) is 0 Å². The van der Waals surface area contributed by atoms with Gasteiger partial charge in [0.2, 0.25) is 11.8 Å². The fourth-order valence-electron chi connectivity index (χ4n) is 7.63. The Morgan fingerprint density at radius 3 is 2.11 bits per heavy atom. The Morgan fingerprint density at radius 2 is 1.49 bits per heavy atom. The molecule has 0 radical (unpaired) electrons. The van der Waals surface area contributed by atoms with Crippen LogP contribution in [0.15, 0.2) is 78.9 Å². The standard InChI is InChI=1S/C36H37F2N5O4/c37-36(38)23-42(34(46)26-11-12-28-27(21-26)22-43(35(28)47)29-13-14-31(44)39-33(29)45)16-15-30(36)40-17-19-41(20-18-40)32(24-7-3-1-4-8-24)25-9-5-2-6-10-25/h1-12,21,29-30,32H,13-20,22-23H2,(H,39,44,45). The highest BCUT2D eigenvalue weighted by Gasteiger charge is 2.49. The van der Waals surface area contributed by atoms with Gasteiger partial charge in [0, 0.05) is 56.8 Å². The SMILES string of the molecule is O=C1CCC(N2Cc3cc(C(=O)N4CCC(N5CCN(C(c6ccccc6)c6ccccc6)CC5)C(F)(F)C4)ccc3C2=O)C(=O)N1. The van der Waals surface area contributed by atoms with Gasteiger partial charge in [0.15, 0.2) is 0 Å². The van der Waals surface area contributed by atoms with Crippen molar-refractivity contribution in [3.63, 3.8) is 0 Å². The van der Waals surface area contributed by atoms with E-state index in [0.717, 1.165) is 0 Å². The van der Waals surface area contributed by atoms with E-state index in [-0.39, 0.29) is 55.8 Å². The zero-order valence-electron chi connectivity index (χ0n) is 26.0. The number of likely N-dealkylation sites (tertiary alicyclic amines) is 1. The first-order chi connectivity index (χ1) is 22.7. The molecule has 9 nitrogen and oxygen atoms in total. The Labute approximate surface area is 272 Å². The first-order valence-corrected chi connectivity index (χ1v) is 16.2. The predicted octanol–water partition coefficient (Wildman–Crippen LogP) is 3.70. The summed E-state index contributed by atoms with van der Waals surface area (Å²) in [5.41, 5.74) is 3.51. The number of carbonyl (C=O) groups excluding carboxylic acids is 4. The average molecular weight is 642 g/mol. The number of halogens is 2. The van der Waals surface area contributed by atoms with Crippen LogP contribution in [-0.4, -0.2) is 101 Å². The normalized spacial score (nSPS) is 23.6. The highest BCUT2D eigenvalue weighted by molar-refractivity contribution is 6.06. The lowest BCUT2D eigenvalue weighted by molar-refractivity contribution is -0.136. The molecular weight excluding hydrogens is 604 g/mol. The van der Waals surface area contributed by atoms with Crippen LogP contribution >= 0.6 is 0 Å². The summed E-state index contributed by atoms with van der Waals surface area (Å²) in [6, 6.07) is 23.4. The van der Waals surface area contributed by atoms with E-state index in [1.165, 1.54) is 33.1 Å². The van der Waals surface area contributed by atoms with Crippen molar-refractivity contribution in [2.75, 3.05) is 39.3 Å². The molecule has 2 atom stereocenters. The van der Waals surface area contributed by atoms with E-state index in [2.05, 4.69) is 34.5 Å². The van der Waals surface area contributed by atoms with Gasteiger partial charge in [-0.15, -0.1) is 0 Å². The van der Waals surface area contributed by atoms with Gasteiger partial charge in [-0.1, -0.05) is 60.7 Å². The van der Waals surface area contributed by atoms with E-state index >= 15 is 8.78 Å². The van der Waals surface area contributed by atoms with Crippen LogP contribution < -0.4 is 5.32 Å². The van der Waals surface area contributed by atoms with Crippen molar-refractivity contribution in [2.45, 2.75) is 49.9 Å². The maximum atomic E-state index is 15.8. The third-order valence-electron chi connectivity index (χ3n) is 10.0. The lowest BCUT2D eigenvalue weighted by Crippen LogP contribution is -2.62. The van der Waals surface area contributed by atoms with Crippen LogP contribution in [0.4, 0.5) is 8.78 Å². The van der Waals surface area contributed by atoms with E-state index in [0.29, 0.717) is 37.3 Å². The van der Waals surface area contributed by atoms with Crippen molar-refractivity contribution < 1.29 is 28.0 Å². The van der Waals surface area contributed by atoms with Gasteiger partial charge in [0.05, 0.1) is 18.6 Å². The van der Waals surface area contributed by atoms with E-state index in [1.54, 1.807) is 6.07 Å². The number of carbonyl (C=O) groups is 4. The number of imide groups is 1. The van der Waals surface area contributed by atoms with Gasteiger partial charge >= 0.3 is 0 Å². The fourth-order valence-corrected chi connectivity index (χ4v) is 7.63. The van der Waals surface area contributed by atoms with Crippen LogP contribution in [0.2, 0.25) is 0 Å². The summed E-state index contributed by atoms with van der Waals surface area (Å²) < 4.78 is 31.6. The van der Waals surface area contributed by atoms with Crippen molar-refractivity contribution in [1.82, 2.24) is 24.9 Å². The molecular formula is C36H37F2N5O4. The van der Waals surface area contributed by atoms with E-state index in [1.807, 2.05) is 41.3 Å². The van der Waals surface area contributed by atoms with Crippen LogP contribution in [0.25, 0.3) is 0 Å². The average Bonchev–Trinajstić information content (AvgIpc) is 3.40. The molecule has 3 aromatic carbocycles. The Morgan fingerprint density at radius 1 is 0.830 bits per heavy atom. The molecule has 244 valence electrons. The Bertz CT molecular complexity index is 1640. The van der Waals surface area contributed by atoms with Crippen LogP contribution in [0.1, 0.15) is 62.7 Å². The summed E-state index contributed by atoms with van der Waals surface area (Å²) in [7, 11) is 0. The molecule has 3 saturated heterocycles. The molecule has 4 amide bonds. The second-order valence-electron chi connectivity index (χ2n) is 12.9. The molecule has 0 aliphatic carbocycles. The third-order valence-corrected chi connectivity index (χ3v) is 10.0. The number of rotatable bonds is 6. The Balaban J connectivity index is 0.990. The number of benzene rings is 3. The predicted molar refractivity (Wildman–Crippen MR) is 170 cm³/mol. The number of alkyl halides is 2. The molecule has 3 fully saturated rings. The fraction of sp³-hybridized carbons (Fsp3) is 0.389. The van der Waals surface area contributed by atoms with Crippen LogP contribution in [0.5, 0.6) is 0 Å². The van der Waals surface area contributed by atoms with Gasteiger partial charge in [0.1, 0.15) is 6.04 Å². The largest absolute Gasteiger partial charge is 0.332 e. The zero-order chi connectivity index (χ0) is 32.7. The monoisotopic (exact) mass is 641 g/mol. The van der Waals surface area contributed by atoms with E-state index < -0.39 is 36.4 Å². The number of fused-ring (bicyclic) bond motifs is 1. The van der Waals surface area contributed by atoms with Gasteiger partial charge in [-0.05, 0) is 47.7 Å². The van der Waals surface area contributed by atoms with Crippen molar-refractivity contribution in [2.24, 2.45) is 0 Å². The molecule has 0 bridgehead atoms. The molecule has 0 saturated carbocycles. The minimum atomic E-state index is -3.09. The molecule has 2 unspecified atom stereocenters. The number of piperidine rings is 2. The minimum absolute atomic E-state index is 0.0400. The summed E-state index contributed by atoms with van der Waals surface area (Å²) in [4.78, 5) is 57.3. The molecule has 47 heavy (non-hydrogen) atoms. The lowest BCUT2D eigenvalue weighted by atomic mass is 9.94. The summed E-state index contributed by atoms with van der Waals surface area (Å²) in [6.07, 6.45) is 0.532. The summed E-state index contributed by atoms with van der Waals surface area (Å²) in [6.45, 7) is 1.95. The number of amides is 4.